The zero-order chi connectivity index (χ0) is 21.8. The molecule has 0 radical (unpaired) electrons. The second kappa shape index (κ2) is 7.07. The molecule has 1 heterocycles. The Morgan fingerprint density at radius 1 is 1.00 bits per heavy atom. The molecule has 0 aliphatic rings. The van der Waals surface area contributed by atoms with Gasteiger partial charge < -0.3 is 5.11 Å². The second-order valence-electron chi connectivity index (χ2n) is 7.33. The number of benzene rings is 3. The first-order chi connectivity index (χ1) is 14.1. The first-order valence-electron chi connectivity index (χ1n) is 9.24. The number of carbonyl (C=O) groups is 1. The number of rotatable bonds is 3. The molecular formula is C23H19ClNO4S+. The third-order valence-corrected chi connectivity index (χ3v) is 6.90. The van der Waals surface area contributed by atoms with Crippen molar-refractivity contribution in [2.45, 2.75) is 18.7 Å². The summed E-state index contributed by atoms with van der Waals surface area (Å²) in [5, 5.41) is 11.2. The third kappa shape index (κ3) is 3.13. The summed E-state index contributed by atoms with van der Waals surface area (Å²) in [4.78, 5) is 12.4. The molecule has 4 rings (SSSR count). The zero-order valence-electron chi connectivity index (χ0n) is 16.6. The first-order valence-corrected chi connectivity index (χ1v) is 11.5. The monoisotopic (exact) mass is 440 g/mol. The van der Waals surface area contributed by atoms with Crippen molar-refractivity contribution in [1.29, 1.82) is 0 Å². The minimum atomic E-state index is -4.06. The summed E-state index contributed by atoms with van der Waals surface area (Å²) in [5.74, 6) is -1.08. The maximum absolute atomic E-state index is 12.4. The van der Waals surface area contributed by atoms with Crippen molar-refractivity contribution in [3.8, 4) is 11.1 Å². The van der Waals surface area contributed by atoms with E-state index in [9.17, 15) is 18.3 Å². The topological polar surface area (TPSA) is 75.3 Å². The number of aryl methyl sites for hydroxylation is 2. The number of aromatic carboxylic acids is 1. The largest absolute Gasteiger partial charge is 0.478 e. The Kier molecular flexibility index (Phi) is 4.79. The van der Waals surface area contributed by atoms with E-state index in [1.54, 1.807) is 20.0 Å². The van der Waals surface area contributed by atoms with E-state index in [1.165, 1.54) is 6.07 Å². The number of pyridine rings is 1. The fourth-order valence-electron chi connectivity index (χ4n) is 4.10. The SMILES string of the molecule is Cc1ccc2c(C(=O)O)c3c(-c4ccccc4)c(C)c(S(=O)(=O)Cl)cc3[n+](C)c2c1. The number of fused-ring (bicyclic) bond motifs is 2. The molecule has 5 nitrogen and oxygen atoms in total. The minimum absolute atomic E-state index is 0.0329. The quantitative estimate of drug-likeness (QED) is 0.284. The standard InChI is InChI=1S/C23H18ClNO4S/c1-13-9-10-16-17(11-13)25(3)18-12-19(30(24,28)29)14(2)20(15-7-5-4-6-8-15)22(18)21(16)23(26)27/h4-12H,1-3H3/p+1. The highest BCUT2D eigenvalue weighted by atomic mass is 35.7. The van der Waals surface area contributed by atoms with Crippen molar-refractivity contribution in [3.05, 3.63) is 71.3 Å². The molecule has 1 aromatic heterocycles. The molecule has 0 saturated heterocycles. The van der Waals surface area contributed by atoms with Crippen LogP contribution in [0, 0.1) is 13.8 Å². The molecule has 0 aliphatic carbocycles. The van der Waals surface area contributed by atoms with Crippen molar-refractivity contribution < 1.29 is 22.9 Å². The lowest BCUT2D eigenvalue weighted by Gasteiger charge is -2.16. The van der Waals surface area contributed by atoms with E-state index in [0.29, 0.717) is 32.9 Å². The summed E-state index contributed by atoms with van der Waals surface area (Å²) in [6.45, 7) is 3.57. The fourth-order valence-corrected chi connectivity index (χ4v) is 5.30. The lowest BCUT2D eigenvalue weighted by Crippen LogP contribution is -2.32. The molecule has 0 spiro atoms. The number of aromatic nitrogens is 1. The molecule has 0 saturated carbocycles. The van der Waals surface area contributed by atoms with Gasteiger partial charge in [0, 0.05) is 28.4 Å². The summed E-state index contributed by atoms with van der Waals surface area (Å²) in [5.41, 5.74) is 3.96. The summed E-state index contributed by atoms with van der Waals surface area (Å²) in [6.07, 6.45) is 0. The van der Waals surface area contributed by atoms with E-state index >= 15 is 0 Å². The van der Waals surface area contributed by atoms with Crippen LogP contribution < -0.4 is 4.57 Å². The number of hydrogen-bond acceptors (Lipinski definition) is 3. The molecular weight excluding hydrogens is 422 g/mol. The zero-order valence-corrected chi connectivity index (χ0v) is 18.2. The molecule has 0 aliphatic heterocycles. The predicted octanol–water partition coefficient (Wildman–Crippen LogP) is 4.73. The van der Waals surface area contributed by atoms with Crippen LogP contribution in [0.1, 0.15) is 21.5 Å². The summed E-state index contributed by atoms with van der Waals surface area (Å²) < 4.78 is 26.6. The van der Waals surface area contributed by atoms with Crippen molar-refractivity contribution in [2.75, 3.05) is 0 Å². The maximum atomic E-state index is 12.4. The Morgan fingerprint density at radius 3 is 2.27 bits per heavy atom. The van der Waals surface area contributed by atoms with Gasteiger partial charge in [-0.05, 0) is 36.6 Å². The second-order valence-corrected chi connectivity index (χ2v) is 9.87. The van der Waals surface area contributed by atoms with Crippen LogP contribution in [-0.4, -0.2) is 19.5 Å². The van der Waals surface area contributed by atoms with Crippen LogP contribution in [0.15, 0.2) is 59.5 Å². The predicted molar refractivity (Wildman–Crippen MR) is 118 cm³/mol. The highest BCUT2D eigenvalue weighted by Crippen LogP contribution is 2.39. The van der Waals surface area contributed by atoms with Crippen LogP contribution in [0.3, 0.4) is 0 Å². The number of carboxylic acid groups (broad SMARTS) is 1. The first kappa shape index (κ1) is 20.3. The van der Waals surface area contributed by atoms with Gasteiger partial charge in [0.25, 0.3) is 9.05 Å². The van der Waals surface area contributed by atoms with E-state index in [1.807, 2.05) is 54.0 Å². The highest BCUT2D eigenvalue weighted by molar-refractivity contribution is 8.13. The minimum Gasteiger partial charge on any atom is -0.478 e. The van der Waals surface area contributed by atoms with Crippen LogP contribution in [-0.2, 0) is 16.1 Å². The van der Waals surface area contributed by atoms with Gasteiger partial charge in [-0.1, -0.05) is 36.4 Å². The molecule has 0 fully saturated rings. The average Bonchev–Trinajstić information content (AvgIpc) is 2.68. The van der Waals surface area contributed by atoms with E-state index in [0.717, 1.165) is 11.1 Å². The van der Waals surface area contributed by atoms with Crippen molar-refractivity contribution in [3.63, 3.8) is 0 Å². The number of carboxylic acids is 1. The van der Waals surface area contributed by atoms with Gasteiger partial charge in [0.2, 0.25) is 11.0 Å². The normalized spacial score (nSPS) is 11.9. The molecule has 4 aromatic rings. The van der Waals surface area contributed by atoms with Crippen LogP contribution in [0.2, 0.25) is 0 Å². The van der Waals surface area contributed by atoms with E-state index in [-0.39, 0.29) is 10.5 Å². The molecule has 0 amide bonds. The summed E-state index contributed by atoms with van der Waals surface area (Å²) in [7, 11) is 3.51. The fraction of sp³-hybridized carbons (Fsp3) is 0.130. The Labute approximate surface area is 178 Å². The van der Waals surface area contributed by atoms with Crippen molar-refractivity contribution >= 4 is 47.5 Å². The van der Waals surface area contributed by atoms with Gasteiger partial charge in [-0.15, -0.1) is 0 Å². The molecule has 0 atom stereocenters. The van der Waals surface area contributed by atoms with Crippen molar-refractivity contribution in [1.82, 2.24) is 0 Å². The van der Waals surface area contributed by atoms with Gasteiger partial charge in [-0.2, -0.15) is 4.57 Å². The molecule has 30 heavy (non-hydrogen) atoms. The van der Waals surface area contributed by atoms with Crippen LogP contribution in [0.4, 0.5) is 0 Å². The van der Waals surface area contributed by atoms with E-state index in [2.05, 4.69) is 0 Å². The Balaban J connectivity index is 2.40. The number of hydrogen-bond donors (Lipinski definition) is 1. The maximum Gasteiger partial charge on any atom is 0.337 e. The third-order valence-electron chi connectivity index (χ3n) is 5.45. The Morgan fingerprint density at radius 2 is 1.67 bits per heavy atom. The van der Waals surface area contributed by atoms with Gasteiger partial charge in [0.05, 0.1) is 21.2 Å². The van der Waals surface area contributed by atoms with Crippen molar-refractivity contribution in [2.24, 2.45) is 7.05 Å². The van der Waals surface area contributed by atoms with Gasteiger partial charge in [0.15, 0.2) is 0 Å². The smallest absolute Gasteiger partial charge is 0.337 e. The van der Waals surface area contributed by atoms with Crippen LogP contribution >= 0.6 is 10.7 Å². The Bertz CT molecular complexity index is 1460. The molecule has 0 unspecified atom stereocenters. The molecule has 3 aromatic carbocycles. The van der Waals surface area contributed by atoms with Gasteiger partial charge in [0.1, 0.15) is 7.05 Å². The van der Waals surface area contributed by atoms with E-state index < -0.39 is 15.0 Å². The van der Waals surface area contributed by atoms with Crippen LogP contribution in [0.25, 0.3) is 32.9 Å². The molecule has 0 bridgehead atoms. The Hall–Kier alpha value is -2.96. The van der Waals surface area contributed by atoms with Gasteiger partial charge >= 0.3 is 5.97 Å². The molecule has 152 valence electrons. The highest BCUT2D eigenvalue weighted by Gasteiger charge is 2.30. The average molecular weight is 441 g/mol. The molecule has 7 heteroatoms. The lowest BCUT2D eigenvalue weighted by molar-refractivity contribution is -0.617. The summed E-state index contributed by atoms with van der Waals surface area (Å²) >= 11 is 0. The van der Waals surface area contributed by atoms with Gasteiger partial charge in [-0.3, -0.25) is 0 Å². The number of halogens is 1. The van der Waals surface area contributed by atoms with Gasteiger partial charge in [-0.25, -0.2) is 13.2 Å². The van der Waals surface area contributed by atoms with Crippen LogP contribution in [0.5, 0.6) is 0 Å². The molecule has 1 N–H and O–H groups in total. The lowest BCUT2D eigenvalue weighted by atomic mass is 9.90. The van der Waals surface area contributed by atoms with E-state index in [4.69, 9.17) is 10.7 Å². The summed E-state index contributed by atoms with van der Waals surface area (Å²) in [6, 6.07) is 16.2. The number of nitrogens with zero attached hydrogens (tertiary/aromatic N) is 1.